The summed E-state index contributed by atoms with van der Waals surface area (Å²) in [5.74, 6) is -3.07. The maximum Gasteiger partial charge on any atom is 2.00 e. The van der Waals surface area contributed by atoms with E-state index in [-0.39, 0.29) is 54.7 Å². The molecule has 0 fully saturated rings. The number of carboxylic acid groups (broad SMARTS) is 2. The van der Waals surface area contributed by atoms with Gasteiger partial charge in [-0.1, -0.05) is 36.4 Å². The standard InChI is InChI=1S/2C9H8O4S.Mg.4H2O/c2*10-9(11)6-7-14(12,13)8-4-2-1-3-5-8;;;;;/h2*1-7H,(H,10,11);;4*1H2/q;;+2;;;;/p-2/b2*7-6+;;;;;. The van der Waals surface area contributed by atoms with Gasteiger partial charge in [0.2, 0.25) is 0 Å². The van der Waals surface area contributed by atoms with Gasteiger partial charge >= 0.3 is 23.1 Å². The number of aliphatic carboxylic acids is 2. The second-order valence-corrected chi connectivity index (χ2v) is 8.63. The first kappa shape index (κ1) is 40.7. The van der Waals surface area contributed by atoms with Crippen LogP contribution in [0.25, 0.3) is 0 Å². The maximum atomic E-state index is 11.4. The van der Waals surface area contributed by atoms with Gasteiger partial charge in [-0.25, -0.2) is 16.8 Å². The Bertz CT molecular complexity index is 992. The van der Waals surface area contributed by atoms with Gasteiger partial charge in [-0.3, -0.25) is 0 Å². The normalized spacial score (nSPS) is 9.94. The molecule has 0 spiro atoms. The maximum absolute atomic E-state index is 11.4. The third-order valence-electron chi connectivity index (χ3n) is 2.91. The van der Waals surface area contributed by atoms with Crippen molar-refractivity contribution in [3.8, 4) is 0 Å². The molecule has 2 aromatic rings. The Balaban J connectivity index is -0.000000138. The van der Waals surface area contributed by atoms with Crippen LogP contribution in [-0.2, 0) is 29.3 Å². The van der Waals surface area contributed by atoms with E-state index in [2.05, 4.69) is 0 Å². The fourth-order valence-electron chi connectivity index (χ4n) is 1.67. The number of carboxylic acids is 2. The molecule has 0 radical (unpaired) electrons. The van der Waals surface area contributed by atoms with E-state index in [0.717, 1.165) is 0 Å². The molecular weight excluding hydrogens is 497 g/mol. The number of hydrogen-bond donors (Lipinski definition) is 0. The van der Waals surface area contributed by atoms with Crippen molar-refractivity contribution in [3.63, 3.8) is 0 Å². The first-order valence-corrected chi connectivity index (χ1v) is 10.5. The average molecular weight is 519 g/mol. The van der Waals surface area contributed by atoms with Crippen LogP contribution in [0.3, 0.4) is 0 Å². The van der Waals surface area contributed by atoms with Crippen molar-refractivity contribution >= 4 is 54.7 Å². The van der Waals surface area contributed by atoms with Crippen LogP contribution in [0, 0.1) is 0 Å². The van der Waals surface area contributed by atoms with E-state index in [0.29, 0.717) is 23.0 Å². The summed E-state index contributed by atoms with van der Waals surface area (Å²) in [7, 11) is -7.31. The summed E-state index contributed by atoms with van der Waals surface area (Å²) >= 11 is 0. The minimum atomic E-state index is -3.66. The molecule has 15 heteroatoms. The predicted molar refractivity (Wildman–Crippen MR) is 116 cm³/mol. The summed E-state index contributed by atoms with van der Waals surface area (Å²) in [4.78, 5) is 20.1. The zero-order valence-electron chi connectivity index (χ0n) is 16.9. The third-order valence-corrected chi connectivity index (χ3v) is 5.76. The smallest absolute Gasteiger partial charge is 0.545 e. The van der Waals surface area contributed by atoms with Crippen LogP contribution in [0.2, 0.25) is 0 Å². The van der Waals surface area contributed by atoms with Crippen LogP contribution in [0.5, 0.6) is 0 Å². The van der Waals surface area contributed by atoms with Gasteiger partial charge in [-0.05, 0) is 36.4 Å². The van der Waals surface area contributed by atoms with Crippen molar-refractivity contribution in [1.29, 1.82) is 0 Å². The van der Waals surface area contributed by atoms with E-state index < -0.39 is 31.6 Å². The van der Waals surface area contributed by atoms with Gasteiger partial charge in [-0.2, -0.15) is 0 Å². The molecule has 0 saturated heterocycles. The van der Waals surface area contributed by atoms with Crippen molar-refractivity contribution in [3.05, 3.63) is 83.6 Å². The monoisotopic (exact) mass is 518 g/mol. The third kappa shape index (κ3) is 15.8. The molecule has 180 valence electrons. The molecule has 0 aromatic heterocycles. The van der Waals surface area contributed by atoms with Crippen molar-refractivity contribution in [2.45, 2.75) is 9.79 Å². The summed E-state index contributed by atoms with van der Waals surface area (Å²) in [6.07, 6.45) is 0.977. The number of sulfone groups is 2. The first-order chi connectivity index (χ1) is 13.0. The number of rotatable bonds is 6. The van der Waals surface area contributed by atoms with E-state index in [1.54, 1.807) is 36.4 Å². The van der Waals surface area contributed by atoms with E-state index in [4.69, 9.17) is 0 Å². The number of carbonyl (C=O) groups is 2. The van der Waals surface area contributed by atoms with Crippen LogP contribution < -0.4 is 10.2 Å². The van der Waals surface area contributed by atoms with E-state index in [9.17, 15) is 36.6 Å². The Hall–Kier alpha value is -2.63. The molecule has 0 aliphatic heterocycles. The molecule has 0 aliphatic rings. The van der Waals surface area contributed by atoms with Crippen LogP contribution in [0.1, 0.15) is 0 Å². The molecule has 2 rings (SSSR count). The zero-order chi connectivity index (χ0) is 21.2. The van der Waals surface area contributed by atoms with Gasteiger partial charge in [0.15, 0.2) is 19.7 Å². The average Bonchev–Trinajstić information content (AvgIpc) is 2.67. The second-order valence-electron chi connectivity index (χ2n) is 4.96. The summed E-state index contributed by atoms with van der Waals surface area (Å²) in [5, 5.41) is 21.2. The number of carbonyl (C=O) groups excluding carboxylic acids is 2. The van der Waals surface area contributed by atoms with Gasteiger partial charge < -0.3 is 41.7 Å². The molecule has 0 saturated carbocycles. The Morgan fingerprint density at radius 1 is 0.576 bits per heavy atom. The SMILES string of the molecule is O.O.O.O.O=C([O-])/C=C/S(=O)(=O)c1ccccc1.O=C([O-])/C=C/S(=O)(=O)c1ccccc1.[Mg+2]. The Morgan fingerprint density at radius 3 is 1.03 bits per heavy atom. The van der Waals surface area contributed by atoms with Crippen molar-refractivity contribution in [1.82, 2.24) is 0 Å². The molecule has 0 heterocycles. The molecule has 8 N–H and O–H groups in total. The Morgan fingerprint density at radius 2 is 0.818 bits per heavy atom. The van der Waals surface area contributed by atoms with Crippen molar-refractivity contribution in [2.75, 3.05) is 0 Å². The van der Waals surface area contributed by atoms with Crippen molar-refractivity contribution in [2.24, 2.45) is 0 Å². The minimum absolute atomic E-state index is 0. The summed E-state index contributed by atoms with van der Waals surface area (Å²) in [6.45, 7) is 0. The van der Waals surface area contributed by atoms with Gasteiger partial charge in [0.25, 0.3) is 0 Å². The van der Waals surface area contributed by atoms with Crippen LogP contribution >= 0.6 is 0 Å². The predicted octanol–water partition coefficient (Wildman–Crippen LogP) is -4.23. The summed E-state index contributed by atoms with van der Waals surface area (Å²) < 4.78 is 45.4. The zero-order valence-corrected chi connectivity index (χ0v) is 19.9. The Labute approximate surface area is 206 Å². The van der Waals surface area contributed by atoms with E-state index >= 15 is 0 Å². The summed E-state index contributed by atoms with van der Waals surface area (Å²) in [5.41, 5.74) is 0. The van der Waals surface area contributed by atoms with Gasteiger partial charge in [0, 0.05) is 10.8 Å². The molecule has 0 amide bonds. The van der Waals surface area contributed by atoms with Crippen LogP contribution in [0.4, 0.5) is 0 Å². The van der Waals surface area contributed by atoms with Crippen LogP contribution in [-0.4, -0.2) is 73.7 Å². The number of hydrogen-bond acceptors (Lipinski definition) is 8. The molecule has 33 heavy (non-hydrogen) atoms. The molecule has 12 nitrogen and oxygen atoms in total. The number of benzene rings is 2. The minimum Gasteiger partial charge on any atom is -0.545 e. The quantitative estimate of drug-likeness (QED) is 0.266. The second kappa shape index (κ2) is 18.9. The molecule has 2 aromatic carbocycles. The van der Waals surface area contributed by atoms with Gasteiger partial charge in [0.05, 0.1) is 21.7 Å². The molecule has 0 bridgehead atoms. The summed E-state index contributed by atoms with van der Waals surface area (Å²) in [6, 6.07) is 15.1. The van der Waals surface area contributed by atoms with E-state index in [1.165, 1.54) is 24.3 Å². The first-order valence-electron chi connectivity index (χ1n) is 7.43. The Kier molecular flexibility index (Phi) is 23.3. The molecule has 0 atom stereocenters. The van der Waals surface area contributed by atoms with Gasteiger partial charge in [0.1, 0.15) is 0 Å². The topological polar surface area (TPSA) is 275 Å². The molecule has 0 aliphatic carbocycles. The van der Waals surface area contributed by atoms with Crippen LogP contribution in [0.15, 0.2) is 93.4 Å². The van der Waals surface area contributed by atoms with Gasteiger partial charge in [-0.15, -0.1) is 0 Å². The molecular formula is C18H22MgO12S2. The fourth-order valence-corrected chi connectivity index (χ4v) is 3.64. The van der Waals surface area contributed by atoms with E-state index in [1.807, 2.05) is 0 Å². The fraction of sp³-hybridized carbons (Fsp3) is 0. The van der Waals surface area contributed by atoms with Crippen molar-refractivity contribution < 1.29 is 58.5 Å². The largest absolute Gasteiger partial charge is 2.00 e. The molecule has 0 unspecified atom stereocenters.